The molecule has 1 aromatic carbocycles. The number of aliphatic carboxylic acids is 1. The molecule has 1 unspecified atom stereocenters. The van der Waals surface area contributed by atoms with E-state index in [9.17, 15) is 4.79 Å². The summed E-state index contributed by atoms with van der Waals surface area (Å²) in [4.78, 5) is 10.8. The Morgan fingerprint density at radius 3 is 2.94 bits per heavy atom. The Hall–Kier alpha value is -1.71. The highest BCUT2D eigenvalue weighted by atomic mass is 16.6. The van der Waals surface area contributed by atoms with Crippen molar-refractivity contribution in [2.45, 2.75) is 13.3 Å². The second-order valence-electron chi connectivity index (χ2n) is 3.88. The lowest BCUT2D eigenvalue weighted by atomic mass is 10.00. The number of benzene rings is 1. The molecular formula is C12H14O4. The molecular weight excluding hydrogens is 208 g/mol. The van der Waals surface area contributed by atoms with Gasteiger partial charge in [0, 0.05) is 0 Å². The molecule has 0 spiro atoms. The predicted molar refractivity (Wildman–Crippen MR) is 57.9 cm³/mol. The Bertz CT molecular complexity index is 400. The van der Waals surface area contributed by atoms with Gasteiger partial charge in [0.05, 0.1) is 5.92 Å². The molecule has 0 fully saturated rings. The molecule has 1 aliphatic heterocycles. The number of hydrogen-bond donors (Lipinski definition) is 1. The molecule has 1 aliphatic rings. The van der Waals surface area contributed by atoms with Crippen LogP contribution in [-0.4, -0.2) is 24.3 Å². The SMILES string of the molecule is CC(Cc1cccc2c1OCCO2)C(=O)O. The Balaban J connectivity index is 2.24. The lowest BCUT2D eigenvalue weighted by Crippen LogP contribution is -2.18. The minimum Gasteiger partial charge on any atom is -0.486 e. The van der Waals surface area contributed by atoms with Gasteiger partial charge in [-0.15, -0.1) is 0 Å². The van der Waals surface area contributed by atoms with Crippen LogP contribution < -0.4 is 9.47 Å². The molecule has 4 nitrogen and oxygen atoms in total. The maximum atomic E-state index is 10.8. The molecule has 0 saturated carbocycles. The molecule has 16 heavy (non-hydrogen) atoms. The number of carbonyl (C=O) groups is 1. The first-order valence-corrected chi connectivity index (χ1v) is 5.29. The first kappa shape index (κ1) is 10.8. The summed E-state index contributed by atoms with van der Waals surface area (Å²) in [6.45, 7) is 2.75. The van der Waals surface area contributed by atoms with Gasteiger partial charge in [-0.2, -0.15) is 0 Å². The zero-order chi connectivity index (χ0) is 11.5. The zero-order valence-corrected chi connectivity index (χ0v) is 9.10. The number of rotatable bonds is 3. The van der Waals surface area contributed by atoms with Crippen molar-refractivity contribution in [2.24, 2.45) is 5.92 Å². The van der Waals surface area contributed by atoms with E-state index in [2.05, 4.69) is 0 Å². The molecule has 0 radical (unpaired) electrons. The average Bonchev–Trinajstić information content (AvgIpc) is 2.29. The summed E-state index contributed by atoms with van der Waals surface area (Å²) in [5, 5.41) is 8.88. The highest BCUT2D eigenvalue weighted by Gasteiger charge is 2.19. The van der Waals surface area contributed by atoms with Crippen LogP contribution in [0.2, 0.25) is 0 Å². The number of fused-ring (bicyclic) bond motifs is 1. The van der Waals surface area contributed by atoms with Crippen molar-refractivity contribution in [3.05, 3.63) is 23.8 Å². The van der Waals surface area contributed by atoms with Crippen LogP contribution >= 0.6 is 0 Å². The molecule has 2 rings (SSSR count). The standard InChI is InChI=1S/C12H14O4/c1-8(12(13)14)7-9-3-2-4-10-11(9)16-6-5-15-10/h2-4,8H,5-7H2,1H3,(H,13,14). The van der Waals surface area contributed by atoms with E-state index in [0.29, 0.717) is 31.1 Å². The van der Waals surface area contributed by atoms with Gasteiger partial charge in [-0.1, -0.05) is 19.1 Å². The van der Waals surface area contributed by atoms with Crippen LogP contribution in [-0.2, 0) is 11.2 Å². The Morgan fingerprint density at radius 1 is 1.44 bits per heavy atom. The van der Waals surface area contributed by atoms with Crippen LogP contribution in [0.1, 0.15) is 12.5 Å². The molecule has 0 amide bonds. The quantitative estimate of drug-likeness (QED) is 0.846. The van der Waals surface area contributed by atoms with E-state index in [-0.39, 0.29) is 0 Å². The van der Waals surface area contributed by atoms with Crippen LogP contribution in [0.3, 0.4) is 0 Å². The van der Waals surface area contributed by atoms with E-state index in [1.54, 1.807) is 6.92 Å². The second-order valence-corrected chi connectivity index (χ2v) is 3.88. The van der Waals surface area contributed by atoms with E-state index in [1.165, 1.54) is 0 Å². The molecule has 0 saturated heterocycles. The zero-order valence-electron chi connectivity index (χ0n) is 9.10. The Morgan fingerprint density at radius 2 is 2.19 bits per heavy atom. The lowest BCUT2D eigenvalue weighted by molar-refractivity contribution is -0.141. The van der Waals surface area contributed by atoms with Gasteiger partial charge in [-0.05, 0) is 18.1 Å². The van der Waals surface area contributed by atoms with Gasteiger partial charge in [0.2, 0.25) is 0 Å². The van der Waals surface area contributed by atoms with Gasteiger partial charge in [-0.3, -0.25) is 4.79 Å². The monoisotopic (exact) mass is 222 g/mol. The summed E-state index contributed by atoms with van der Waals surface area (Å²) >= 11 is 0. The molecule has 4 heteroatoms. The first-order chi connectivity index (χ1) is 7.68. The van der Waals surface area contributed by atoms with E-state index >= 15 is 0 Å². The van der Waals surface area contributed by atoms with Crippen molar-refractivity contribution in [1.82, 2.24) is 0 Å². The van der Waals surface area contributed by atoms with Gasteiger partial charge in [0.15, 0.2) is 11.5 Å². The maximum Gasteiger partial charge on any atom is 0.306 e. The number of hydrogen-bond acceptors (Lipinski definition) is 3. The third-order valence-corrected chi connectivity index (χ3v) is 2.60. The third-order valence-electron chi connectivity index (χ3n) is 2.60. The summed E-state index contributed by atoms with van der Waals surface area (Å²) in [5.41, 5.74) is 0.895. The maximum absolute atomic E-state index is 10.8. The van der Waals surface area contributed by atoms with E-state index < -0.39 is 11.9 Å². The summed E-state index contributed by atoms with van der Waals surface area (Å²) < 4.78 is 11.0. The minimum absolute atomic E-state index is 0.419. The van der Waals surface area contributed by atoms with Gasteiger partial charge >= 0.3 is 5.97 Å². The molecule has 0 aromatic heterocycles. The highest BCUT2D eigenvalue weighted by molar-refractivity contribution is 5.70. The van der Waals surface area contributed by atoms with Crippen LogP contribution in [0.25, 0.3) is 0 Å². The molecule has 1 aromatic rings. The van der Waals surface area contributed by atoms with Crippen molar-refractivity contribution in [3.8, 4) is 11.5 Å². The van der Waals surface area contributed by atoms with Gasteiger partial charge in [-0.25, -0.2) is 0 Å². The number of carboxylic acid groups (broad SMARTS) is 1. The van der Waals surface area contributed by atoms with E-state index in [0.717, 1.165) is 5.56 Å². The molecule has 1 heterocycles. The number of ether oxygens (including phenoxy) is 2. The fraction of sp³-hybridized carbons (Fsp3) is 0.417. The predicted octanol–water partition coefficient (Wildman–Crippen LogP) is 1.72. The van der Waals surface area contributed by atoms with Crippen molar-refractivity contribution in [2.75, 3.05) is 13.2 Å². The third kappa shape index (κ3) is 2.10. The lowest BCUT2D eigenvalue weighted by Gasteiger charge is -2.21. The second kappa shape index (κ2) is 4.43. The number of para-hydroxylation sites is 1. The van der Waals surface area contributed by atoms with Crippen LogP contribution in [0.4, 0.5) is 0 Å². The topological polar surface area (TPSA) is 55.8 Å². The fourth-order valence-electron chi connectivity index (χ4n) is 1.71. The van der Waals surface area contributed by atoms with Crippen molar-refractivity contribution in [3.63, 3.8) is 0 Å². The first-order valence-electron chi connectivity index (χ1n) is 5.29. The summed E-state index contributed by atoms with van der Waals surface area (Å²) in [6.07, 6.45) is 0.460. The smallest absolute Gasteiger partial charge is 0.306 e. The van der Waals surface area contributed by atoms with Crippen LogP contribution in [0.15, 0.2) is 18.2 Å². The van der Waals surface area contributed by atoms with Crippen molar-refractivity contribution >= 4 is 5.97 Å². The van der Waals surface area contributed by atoms with Crippen molar-refractivity contribution < 1.29 is 19.4 Å². The Kier molecular flexibility index (Phi) is 2.99. The molecule has 1 atom stereocenters. The van der Waals surface area contributed by atoms with Gasteiger partial charge in [0.1, 0.15) is 13.2 Å². The molecule has 0 aliphatic carbocycles. The number of carboxylic acids is 1. The normalized spacial score (nSPS) is 15.6. The van der Waals surface area contributed by atoms with Crippen LogP contribution in [0.5, 0.6) is 11.5 Å². The fourth-order valence-corrected chi connectivity index (χ4v) is 1.71. The van der Waals surface area contributed by atoms with E-state index in [1.807, 2.05) is 18.2 Å². The average molecular weight is 222 g/mol. The largest absolute Gasteiger partial charge is 0.486 e. The van der Waals surface area contributed by atoms with E-state index in [4.69, 9.17) is 14.6 Å². The summed E-state index contributed by atoms with van der Waals surface area (Å²) in [5.74, 6) is 0.189. The molecule has 0 bridgehead atoms. The molecule has 1 N–H and O–H groups in total. The molecule has 86 valence electrons. The highest BCUT2D eigenvalue weighted by Crippen LogP contribution is 2.34. The summed E-state index contributed by atoms with van der Waals surface area (Å²) in [7, 11) is 0. The summed E-state index contributed by atoms with van der Waals surface area (Å²) in [6, 6.07) is 5.58. The Labute approximate surface area is 93.8 Å². The van der Waals surface area contributed by atoms with Gasteiger partial charge in [0.25, 0.3) is 0 Å². The van der Waals surface area contributed by atoms with Crippen LogP contribution in [0, 0.1) is 5.92 Å². The van der Waals surface area contributed by atoms with Gasteiger partial charge < -0.3 is 14.6 Å². The van der Waals surface area contributed by atoms with Crippen molar-refractivity contribution in [1.29, 1.82) is 0 Å². The minimum atomic E-state index is -0.797.